The van der Waals surface area contributed by atoms with Crippen molar-refractivity contribution in [1.29, 1.82) is 0 Å². The zero-order chi connectivity index (χ0) is 18.6. The van der Waals surface area contributed by atoms with Gasteiger partial charge in [-0.15, -0.1) is 0 Å². The number of hydrogen-bond acceptors (Lipinski definition) is 4. The van der Waals surface area contributed by atoms with Crippen molar-refractivity contribution < 1.29 is 9.59 Å². The molecule has 0 saturated carbocycles. The largest absolute Gasteiger partial charge is 0.355 e. The van der Waals surface area contributed by atoms with Crippen LogP contribution in [0, 0.1) is 13.8 Å². The molecule has 0 unspecified atom stereocenters. The van der Waals surface area contributed by atoms with Crippen LogP contribution in [0.4, 0.5) is 5.69 Å². The molecule has 0 aliphatic rings. The Kier molecular flexibility index (Phi) is 5.69. The molecule has 0 aliphatic heterocycles. The first-order valence-electron chi connectivity index (χ1n) is 8.09. The second-order valence-electron chi connectivity index (χ2n) is 5.58. The first kappa shape index (κ1) is 18.4. The lowest BCUT2D eigenvalue weighted by molar-refractivity contribution is -0.114. The maximum absolute atomic E-state index is 12.5. The molecule has 2 rings (SSSR count). The van der Waals surface area contributed by atoms with Crippen LogP contribution in [0.15, 0.2) is 30.9 Å². The molecule has 1 aromatic heterocycles. The quantitative estimate of drug-likeness (QED) is 0.815. The molecule has 25 heavy (non-hydrogen) atoms. The van der Waals surface area contributed by atoms with E-state index in [-0.39, 0.29) is 18.4 Å². The van der Waals surface area contributed by atoms with Gasteiger partial charge in [-0.2, -0.15) is 15.0 Å². The molecule has 0 aliphatic carbocycles. The second kappa shape index (κ2) is 7.74. The summed E-state index contributed by atoms with van der Waals surface area (Å²) in [6.45, 7) is 10.1. The van der Waals surface area contributed by atoms with Crippen molar-refractivity contribution >= 4 is 17.5 Å². The van der Waals surface area contributed by atoms with Gasteiger partial charge < -0.3 is 10.2 Å². The highest BCUT2D eigenvalue weighted by Crippen LogP contribution is 2.25. The zero-order valence-electron chi connectivity index (χ0n) is 15.0. The molecule has 1 heterocycles. The zero-order valence-corrected chi connectivity index (χ0v) is 15.0. The highest BCUT2D eigenvalue weighted by molar-refractivity contribution is 6.03. The topological polar surface area (TPSA) is 80.1 Å². The number of nitrogens with one attached hydrogen (secondary N) is 1. The summed E-state index contributed by atoms with van der Waals surface area (Å²) in [5.74, 6) is -0.457. The number of carbonyl (C=O) groups is 2. The average Bonchev–Trinajstić information content (AvgIpc) is 2.98. The Balaban J connectivity index is 2.48. The van der Waals surface area contributed by atoms with E-state index in [0.29, 0.717) is 23.5 Å². The van der Waals surface area contributed by atoms with Crippen molar-refractivity contribution in [3.05, 3.63) is 53.4 Å². The molecular weight excluding hydrogens is 318 g/mol. The minimum atomic E-state index is -0.261. The lowest BCUT2D eigenvalue weighted by Crippen LogP contribution is -2.30. The Morgan fingerprint density at radius 1 is 1.32 bits per heavy atom. The predicted octanol–water partition coefficient (Wildman–Crippen LogP) is 1.99. The maximum Gasteiger partial charge on any atom is 0.251 e. The van der Waals surface area contributed by atoms with Crippen molar-refractivity contribution in [3.8, 4) is 0 Å². The lowest BCUT2D eigenvalue weighted by Gasteiger charge is -2.23. The average molecular weight is 341 g/mol. The number of hydrogen-bond donors (Lipinski definition) is 1. The summed E-state index contributed by atoms with van der Waals surface area (Å²) in [5, 5.41) is 11.3. The van der Waals surface area contributed by atoms with Gasteiger partial charge in [-0.05, 0) is 44.5 Å². The van der Waals surface area contributed by atoms with Crippen molar-refractivity contribution in [2.75, 3.05) is 11.9 Å². The van der Waals surface area contributed by atoms with Gasteiger partial charge in [0, 0.05) is 18.3 Å². The Morgan fingerprint density at radius 2 is 2.04 bits per heavy atom. The van der Waals surface area contributed by atoms with E-state index in [1.54, 1.807) is 28.9 Å². The summed E-state index contributed by atoms with van der Waals surface area (Å²) in [6.07, 6.45) is 1.26. The molecule has 7 heteroatoms. The summed E-state index contributed by atoms with van der Waals surface area (Å²) in [5.41, 5.74) is 3.37. The van der Waals surface area contributed by atoms with Crippen LogP contribution in [0.2, 0.25) is 0 Å². The van der Waals surface area contributed by atoms with Gasteiger partial charge in [0.25, 0.3) is 11.8 Å². The SMILES string of the molecule is C=CC(=O)N(Cc1nn(CC)nc1C)c1cccc(C(=O)NC)c1C. The van der Waals surface area contributed by atoms with Crippen molar-refractivity contribution in [3.63, 3.8) is 0 Å². The predicted molar refractivity (Wildman–Crippen MR) is 96.4 cm³/mol. The first-order chi connectivity index (χ1) is 11.9. The molecule has 1 N–H and O–H groups in total. The van der Waals surface area contributed by atoms with Crippen molar-refractivity contribution in [1.82, 2.24) is 20.3 Å². The number of amides is 2. The van der Waals surface area contributed by atoms with Crippen LogP contribution in [0.3, 0.4) is 0 Å². The fourth-order valence-corrected chi connectivity index (χ4v) is 2.59. The maximum atomic E-state index is 12.5. The molecule has 0 spiro atoms. The van der Waals surface area contributed by atoms with Crippen molar-refractivity contribution in [2.24, 2.45) is 0 Å². The van der Waals surface area contributed by atoms with E-state index in [0.717, 1.165) is 11.3 Å². The van der Waals surface area contributed by atoms with Crippen LogP contribution < -0.4 is 10.2 Å². The van der Waals surface area contributed by atoms with Gasteiger partial charge in [-0.1, -0.05) is 12.6 Å². The summed E-state index contributed by atoms with van der Waals surface area (Å²) in [6, 6.07) is 5.29. The summed E-state index contributed by atoms with van der Waals surface area (Å²) in [7, 11) is 1.58. The third-order valence-corrected chi connectivity index (χ3v) is 4.02. The highest BCUT2D eigenvalue weighted by atomic mass is 16.2. The van der Waals surface area contributed by atoms with Gasteiger partial charge >= 0.3 is 0 Å². The van der Waals surface area contributed by atoms with Gasteiger partial charge in [0.1, 0.15) is 5.69 Å². The van der Waals surface area contributed by atoms with E-state index in [1.165, 1.54) is 6.08 Å². The standard InChI is InChI=1S/C18H23N5O2/c1-6-17(24)22(11-15-13(4)20-23(7-2)21-15)16-10-8-9-14(12(16)3)18(25)19-5/h6,8-10H,1,7,11H2,2-5H3,(H,19,25). The highest BCUT2D eigenvalue weighted by Gasteiger charge is 2.21. The van der Waals surface area contributed by atoms with E-state index in [1.807, 2.05) is 26.8 Å². The second-order valence-corrected chi connectivity index (χ2v) is 5.58. The monoisotopic (exact) mass is 341 g/mol. The number of anilines is 1. The Hall–Kier alpha value is -2.96. The normalized spacial score (nSPS) is 10.4. The molecule has 0 atom stereocenters. The fourth-order valence-electron chi connectivity index (χ4n) is 2.59. The number of aromatic nitrogens is 3. The van der Waals surface area contributed by atoms with E-state index in [4.69, 9.17) is 0 Å². The first-order valence-corrected chi connectivity index (χ1v) is 8.09. The lowest BCUT2D eigenvalue weighted by atomic mass is 10.0. The molecular formula is C18H23N5O2. The smallest absolute Gasteiger partial charge is 0.251 e. The Labute approximate surface area is 147 Å². The van der Waals surface area contributed by atoms with Gasteiger partial charge in [-0.25, -0.2) is 0 Å². The van der Waals surface area contributed by atoms with Crippen LogP contribution >= 0.6 is 0 Å². The number of nitrogens with zero attached hydrogens (tertiary/aromatic N) is 4. The van der Waals surface area contributed by atoms with E-state index < -0.39 is 0 Å². The van der Waals surface area contributed by atoms with Crippen LogP contribution in [-0.4, -0.2) is 33.9 Å². The molecule has 2 amide bonds. The minimum absolute atomic E-state index is 0.196. The number of benzene rings is 1. The van der Waals surface area contributed by atoms with Crippen LogP contribution in [-0.2, 0) is 17.9 Å². The van der Waals surface area contributed by atoms with Gasteiger partial charge in [-0.3, -0.25) is 9.59 Å². The molecule has 0 fully saturated rings. The number of carbonyl (C=O) groups excluding carboxylic acids is 2. The Morgan fingerprint density at radius 3 is 2.60 bits per heavy atom. The summed E-state index contributed by atoms with van der Waals surface area (Å²) in [4.78, 5) is 27.7. The summed E-state index contributed by atoms with van der Waals surface area (Å²) >= 11 is 0. The number of aryl methyl sites for hydroxylation is 2. The minimum Gasteiger partial charge on any atom is -0.355 e. The van der Waals surface area contributed by atoms with Crippen LogP contribution in [0.5, 0.6) is 0 Å². The third kappa shape index (κ3) is 3.76. The molecule has 132 valence electrons. The molecule has 2 aromatic rings. The molecule has 7 nitrogen and oxygen atoms in total. The van der Waals surface area contributed by atoms with E-state index in [2.05, 4.69) is 22.1 Å². The third-order valence-electron chi connectivity index (χ3n) is 4.02. The molecule has 0 saturated heterocycles. The van der Waals surface area contributed by atoms with Gasteiger partial charge in [0.15, 0.2) is 0 Å². The van der Waals surface area contributed by atoms with Gasteiger partial charge in [0.2, 0.25) is 0 Å². The molecule has 0 bridgehead atoms. The fraction of sp³-hybridized carbons (Fsp3) is 0.333. The summed E-state index contributed by atoms with van der Waals surface area (Å²) < 4.78 is 0. The van der Waals surface area contributed by atoms with E-state index >= 15 is 0 Å². The molecule has 1 aromatic carbocycles. The number of rotatable bonds is 6. The van der Waals surface area contributed by atoms with Crippen LogP contribution in [0.1, 0.15) is 34.2 Å². The molecule has 0 radical (unpaired) electrons. The van der Waals surface area contributed by atoms with Gasteiger partial charge in [0.05, 0.1) is 18.8 Å². The van der Waals surface area contributed by atoms with E-state index in [9.17, 15) is 9.59 Å². The van der Waals surface area contributed by atoms with Crippen molar-refractivity contribution in [2.45, 2.75) is 33.9 Å². The Bertz CT molecular complexity index is 810. The van der Waals surface area contributed by atoms with Crippen LogP contribution in [0.25, 0.3) is 0 Å².